The van der Waals surface area contributed by atoms with E-state index in [9.17, 15) is 22.8 Å². The van der Waals surface area contributed by atoms with E-state index in [2.05, 4.69) is 8.75 Å². The molecule has 0 atom stereocenters. The van der Waals surface area contributed by atoms with Gasteiger partial charge >= 0.3 is 5.97 Å². The Morgan fingerprint density at radius 2 is 2.00 bits per heavy atom. The molecule has 0 unspecified atom stereocenters. The third-order valence-electron chi connectivity index (χ3n) is 2.95. The van der Waals surface area contributed by atoms with Crippen LogP contribution in [0.2, 0.25) is 0 Å². The van der Waals surface area contributed by atoms with Gasteiger partial charge in [-0.1, -0.05) is 0 Å². The topological polar surface area (TPSA) is 85.1 Å². The third kappa shape index (κ3) is 1.96. The zero-order chi connectivity index (χ0) is 16.0. The molecule has 0 radical (unpaired) electrons. The summed E-state index contributed by atoms with van der Waals surface area (Å²) in [7, 11) is 0. The van der Waals surface area contributed by atoms with Crippen molar-refractivity contribution in [2.24, 2.45) is 0 Å². The van der Waals surface area contributed by atoms with Crippen molar-refractivity contribution in [1.29, 1.82) is 0 Å². The predicted molar refractivity (Wildman–Crippen MR) is 69.8 cm³/mol. The van der Waals surface area contributed by atoms with Crippen molar-refractivity contribution in [2.45, 2.75) is 0 Å². The van der Waals surface area contributed by atoms with Crippen molar-refractivity contribution >= 4 is 28.6 Å². The molecule has 10 heteroatoms. The summed E-state index contributed by atoms with van der Waals surface area (Å²) in [5.74, 6) is -6.59. The zero-order valence-corrected chi connectivity index (χ0v) is 11.2. The molecule has 0 aliphatic rings. The first-order chi connectivity index (χ1) is 10.4. The van der Waals surface area contributed by atoms with Crippen molar-refractivity contribution in [2.75, 3.05) is 0 Å². The lowest BCUT2D eigenvalue weighted by Gasteiger charge is -2.11. The van der Waals surface area contributed by atoms with Gasteiger partial charge in [0.1, 0.15) is 5.56 Å². The van der Waals surface area contributed by atoms with Gasteiger partial charge in [-0.15, -0.1) is 0 Å². The first-order valence-corrected chi connectivity index (χ1v) is 6.39. The molecular formula is C12H4F3N3O3S. The Kier molecular flexibility index (Phi) is 3.17. The van der Waals surface area contributed by atoms with Crippen LogP contribution in [0.15, 0.2) is 23.3 Å². The van der Waals surface area contributed by atoms with Crippen molar-refractivity contribution in [3.05, 3.63) is 51.7 Å². The normalized spacial score (nSPS) is 11.0. The fourth-order valence-electron chi connectivity index (χ4n) is 1.99. The van der Waals surface area contributed by atoms with Gasteiger partial charge < -0.3 is 5.11 Å². The van der Waals surface area contributed by atoms with Crippen LogP contribution >= 0.6 is 11.7 Å². The molecule has 0 amide bonds. The summed E-state index contributed by atoms with van der Waals surface area (Å²) in [6.45, 7) is 0. The number of aromatic carboxylic acids is 1. The maximum absolute atomic E-state index is 14.1. The maximum atomic E-state index is 14.1. The van der Waals surface area contributed by atoms with E-state index in [0.29, 0.717) is 6.07 Å². The first kappa shape index (κ1) is 14.2. The second-order valence-electron chi connectivity index (χ2n) is 4.20. The summed E-state index contributed by atoms with van der Waals surface area (Å²) in [4.78, 5) is 23.1. The van der Waals surface area contributed by atoms with E-state index in [1.165, 1.54) is 6.20 Å². The summed E-state index contributed by atoms with van der Waals surface area (Å²) in [5, 5.41) is 8.42. The molecule has 0 aliphatic heterocycles. The second-order valence-corrected chi connectivity index (χ2v) is 4.75. The van der Waals surface area contributed by atoms with Crippen molar-refractivity contribution < 1.29 is 23.1 Å². The molecule has 3 rings (SSSR count). The summed E-state index contributed by atoms with van der Waals surface area (Å²) >= 11 is 0.738. The van der Waals surface area contributed by atoms with Crippen molar-refractivity contribution in [1.82, 2.24) is 13.3 Å². The number of carboxylic acids is 1. The quantitative estimate of drug-likeness (QED) is 0.727. The molecule has 0 bridgehead atoms. The monoisotopic (exact) mass is 327 g/mol. The Bertz CT molecular complexity index is 969. The van der Waals surface area contributed by atoms with Gasteiger partial charge in [0.15, 0.2) is 23.3 Å². The molecule has 6 nitrogen and oxygen atoms in total. The van der Waals surface area contributed by atoms with E-state index in [1.54, 1.807) is 0 Å². The van der Waals surface area contributed by atoms with E-state index in [-0.39, 0.29) is 5.82 Å². The van der Waals surface area contributed by atoms with Crippen LogP contribution in [0.5, 0.6) is 0 Å². The number of pyridine rings is 1. The van der Waals surface area contributed by atoms with Crippen LogP contribution in [0.1, 0.15) is 10.4 Å². The number of rotatable bonds is 2. The largest absolute Gasteiger partial charge is 0.477 e. The molecule has 0 saturated carbocycles. The van der Waals surface area contributed by atoms with E-state index < -0.39 is 45.3 Å². The number of aromatic nitrogens is 3. The number of hydrogen-bond acceptors (Lipinski definition) is 5. The maximum Gasteiger partial charge on any atom is 0.341 e. The third-order valence-corrected chi connectivity index (χ3v) is 3.42. The second kappa shape index (κ2) is 4.91. The highest BCUT2D eigenvalue weighted by molar-refractivity contribution is 6.99. The summed E-state index contributed by atoms with van der Waals surface area (Å²) < 4.78 is 49.2. The zero-order valence-electron chi connectivity index (χ0n) is 10.4. The summed E-state index contributed by atoms with van der Waals surface area (Å²) in [6.07, 6.45) is 1.96. The predicted octanol–water partition coefficient (Wildman–Crippen LogP) is 1.96. The van der Waals surface area contributed by atoms with Crippen molar-refractivity contribution in [3.8, 4) is 5.82 Å². The first-order valence-electron chi connectivity index (χ1n) is 5.66. The molecule has 1 N–H and O–H groups in total. The van der Waals surface area contributed by atoms with Crippen LogP contribution in [0, 0.1) is 17.5 Å². The standard InChI is InChI=1S/C12H4F3N3O3S/c13-6-1-4-10(9(15)8(6)14)18(7-2-16-22-17-7)3-5(11(4)19)12(20)21/h1-3H,(H,20,21). The lowest BCUT2D eigenvalue weighted by Crippen LogP contribution is -2.20. The minimum Gasteiger partial charge on any atom is -0.477 e. The van der Waals surface area contributed by atoms with Crippen molar-refractivity contribution in [3.63, 3.8) is 0 Å². The smallest absolute Gasteiger partial charge is 0.341 e. The van der Waals surface area contributed by atoms with Gasteiger partial charge in [-0.25, -0.2) is 18.0 Å². The Morgan fingerprint density at radius 3 is 2.59 bits per heavy atom. The number of hydrogen-bond donors (Lipinski definition) is 1. The molecule has 112 valence electrons. The van der Waals surface area contributed by atoms with Gasteiger partial charge in [-0.2, -0.15) is 8.75 Å². The van der Waals surface area contributed by atoms with Crippen LogP contribution in [-0.4, -0.2) is 24.4 Å². The molecule has 0 fully saturated rings. The van der Waals surface area contributed by atoms with Gasteiger partial charge in [0.25, 0.3) is 0 Å². The van der Waals surface area contributed by atoms with E-state index in [4.69, 9.17) is 5.11 Å². The van der Waals surface area contributed by atoms with Gasteiger partial charge in [-0.3, -0.25) is 9.36 Å². The van der Waals surface area contributed by atoms with Crippen LogP contribution < -0.4 is 5.43 Å². The Hall–Kier alpha value is -2.75. The van der Waals surface area contributed by atoms with Gasteiger partial charge in [0, 0.05) is 6.20 Å². The van der Waals surface area contributed by atoms with Crippen LogP contribution in [0.3, 0.4) is 0 Å². The fraction of sp³-hybridized carbons (Fsp3) is 0. The summed E-state index contributed by atoms with van der Waals surface area (Å²) in [6, 6.07) is 0.457. The highest BCUT2D eigenvalue weighted by Gasteiger charge is 2.23. The molecule has 0 spiro atoms. The number of benzene rings is 1. The Morgan fingerprint density at radius 1 is 1.27 bits per heavy atom. The van der Waals surface area contributed by atoms with E-state index in [0.717, 1.165) is 22.5 Å². The molecule has 1 aromatic carbocycles. The molecule has 22 heavy (non-hydrogen) atoms. The lowest BCUT2D eigenvalue weighted by molar-refractivity contribution is 0.0695. The molecule has 2 aromatic heterocycles. The minimum atomic E-state index is -1.77. The molecule has 0 saturated heterocycles. The number of carbonyl (C=O) groups is 1. The Balaban J connectivity index is 2.58. The molecular weight excluding hydrogens is 323 g/mol. The van der Waals surface area contributed by atoms with Crippen LogP contribution in [0.4, 0.5) is 13.2 Å². The molecule has 3 aromatic rings. The van der Waals surface area contributed by atoms with E-state index >= 15 is 0 Å². The number of halogens is 3. The summed E-state index contributed by atoms with van der Waals surface area (Å²) in [5.41, 5.74) is -2.47. The van der Waals surface area contributed by atoms with Gasteiger partial charge in [-0.05, 0) is 6.07 Å². The average Bonchev–Trinajstić information content (AvgIpc) is 2.99. The van der Waals surface area contributed by atoms with Crippen LogP contribution in [0.25, 0.3) is 16.7 Å². The number of carboxylic acid groups (broad SMARTS) is 1. The molecule has 2 heterocycles. The average molecular weight is 327 g/mol. The van der Waals surface area contributed by atoms with Crippen LogP contribution in [-0.2, 0) is 0 Å². The SMILES string of the molecule is O=C(O)c1cn(-c2cnsn2)c2c(F)c(F)c(F)cc2c1=O. The Labute approximate surface area is 123 Å². The highest BCUT2D eigenvalue weighted by atomic mass is 32.1. The number of nitrogens with zero attached hydrogens (tertiary/aromatic N) is 3. The van der Waals surface area contributed by atoms with Gasteiger partial charge in [0.2, 0.25) is 5.43 Å². The van der Waals surface area contributed by atoms with Gasteiger partial charge in [0.05, 0.1) is 28.8 Å². The van der Waals surface area contributed by atoms with E-state index in [1.807, 2.05) is 0 Å². The fourth-order valence-corrected chi connectivity index (χ4v) is 2.40. The highest BCUT2D eigenvalue weighted by Crippen LogP contribution is 2.24. The molecule has 0 aliphatic carbocycles. The minimum absolute atomic E-state index is 0.0255. The number of fused-ring (bicyclic) bond motifs is 1. The lowest BCUT2D eigenvalue weighted by atomic mass is 10.1.